The molecule has 0 N–H and O–H groups in total. The second-order valence-electron chi connectivity index (χ2n) is 41.0. The van der Waals surface area contributed by atoms with Crippen LogP contribution in [-0.2, 0) is 60.8 Å². The summed E-state index contributed by atoms with van der Waals surface area (Å²) in [7, 11) is 6.16. The molecule has 20 heteroatoms. The molecular formula is C129H124N8O12. The molecule has 10 aliphatic heterocycles. The average Bonchev–Trinajstić information content (AvgIpc) is 1.67. The van der Waals surface area contributed by atoms with Crippen LogP contribution < -0.4 is 39.6 Å². The molecule has 752 valence electrons. The van der Waals surface area contributed by atoms with Crippen molar-refractivity contribution in [3.8, 4) is 0 Å². The zero-order valence-corrected chi connectivity index (χ0v) is 86.3. The maximum absolute atomic E-state index is 13.9. The van der Waals surface area contributed by atoms with Gasteiger partial charge in [0.05, 0.1) is 33.9 Å². The van der Waals surface area contributed by atoms with Crippen molar-refractivity contribution in [1.29, 1.82) is 0 Å². The Kier molecular flexibility index (Phi) is 28.9. The molecular weight excluding hydrogens is 1850 g/mol. The summed E-state index contributed by atoms with van der Waals surface area (Å²) in [5.74, 6) is 2.42. The van der Waals surface area contributed by atoms with Crippen molar-refractivity contribution in [3.63, 3.8) is 0 Å². The summed E-state index contributed by atoms with van der Waals surface area (Å²) in [6, 6.07) is 74.8. The number of rotatable bonds is 14. The van der Waals surface area contributed by atoms with Crippen LogP contribution in [0.15, 0.2) is 400 Å². The van der Waals surface area contributed by atoms with Gasteiger partial charge in [0.15, 0.2) is 23.1 Å². The van der Waals surface area contributed by atoms with Gasteiger partial charge in [0.1, 0.15) is 57.2 Å². The Morgan fingerprint density at radius 1 is 0.342 bits per heavy atom. The zero-order valence-electron chi connectivity index (χ0n) is 86.3. The molecule has 10 aromatic rings. The zero-order chi connectivity index (χ0) is 104. The molecule has 10 heterocycles. The Bertz CT molecular complexity index is 7490. The number of carbonyl (C=O) groups is 8. The third kappa shape index (κ3) is 20.8. The van der Waals surface area contributed by atoms with E-state index < -0.39 is 0 Å². The highest BCUT2D eigenvalue weighted by Gasteiger charge is 2.48. The number of hydrogen-bond donors (Lipinski definition) is 0. The van der Waals surface area contributed by atoms with Crippen molar-refractivity contribution in [2.24, 2.45) is 0 Å². The standard InChI is InChI=1S/C35H33N3O3.C34H31N3O3.C33H33NO3.C26H23NO3.CH4/c1-24-21-26(23-29(41-24)17-15-25-16-18-31-30(22-25)35(2,3)19-20-36(31)4)32-33(39)37(27-11-7-5-8-12-27)38(34(32)40)28-13-9-6-10-14-28;1-3-35-20-10-11-26-22-25(17-19-31(26)35)16-18-30-23-27(21-24(2)40-30)32-33(38)36(28-12-6-4-7-13-28)37(34(32)39)29-14-8-5-9-15-29;1-20-16-22(28-30(35)24-8-6-7-9-25(24)31(28)36)19-23(37-20)11-10-21-17-26-29-27(18-21)33(4,5)13-15-34(29)14-12-32(26,2)3;1-16-13-20(27(3)4)11-9-18(16)10-12-21-15-19(14-17(2)30-21)24-25(28)22-7-5-6-8-23(22)26(24)29;/h5-18,21-23H,19-20H2,1-4H3;4-9,12-19,21-23H,3,10-11,20H2,1-2H3;6-11,16-19H,12-15H2,1-5H3;5-15H,1-4H3;1H4/b17-15+;18-16+;11-10+;12-10+;. The lowest BCUT2D eigenvalue weighted by molar-refractivity contribution is -0.118. The number of Topliss-reactive ketones (excluding diaryl/α,β-unsaturated/α-hetero) is 4. The number of benzene rings is 10. The summed E-state index contributed by atoms with van der Waals surface area (Å²) in [4.78, 5) is 117. The predicted molar refractivity (Wildman–Crippen MR) is 598 cm³/mol. The van der Waals surface area contributed by atoms with Gasteiger partial charge in [-0.1, -0.05) is 213 Å². The fraction of sp³-hybridized carbons (Fsp3) is 0.225. The van der Waals surface area contributed by atoms with Crippen molar-refractivity contribution in [1.82, 2.24) is 0 Å². The van der Waals surface area contributed by atoms with E-state index in [2.05, 4.69) is 155 Å². The Labute approximate surface area is 873 Å². The molecule has 4 amide bonds. The van der Waals surface area contributed by atoms with Gasteiger partial charge in [-0.05, 0) is 332 Å². The summed E-state index contributed by atoms with van der Waals surface area (Å²) >= 11 is 0. The Morgan fingerprint density at radius 2 is 0.678 bits per heavy atom. The smallest absolute Gasteiger partial charge is 0.283 e. The van der Waals surface area contributed by atoms with Crippen molar-refractivity contribution in [2.75, 3.05) is 93.5 Å². The van der Waals surface area contributed by atoms with E-state index in [1.807, 2.05) is 206 Å². The average molecular weight is 1980 g/mol. The fourth-order valence-electron chi connectivity index (χ4n) is 21.0. The highest BCUT2D eigenvalue weighted by atomic mass is 16.5. The van der Waals surface area contributed by atoms with Crippen LogP contribution in [0.5, 0.6) is 0 Å². The number of amides is 4. The second-order valence-corrected chi connectivity index (χ2v) is 41.0. The first-order chi connectivity index (χ1) is 71.1. The van der Waals surface area contributed by atoms with E-state index >= 15 is 0 Å². The number of hydrogen-bond acceptors (Lipinski definition) is 16. The Balaban J connectivity index is 0.000000130. The number of nitrogens with zero attached hydrogens (tertiary/aromatic N) is 8. The minimum Gasteiger partial charge on any atom is -0.462 e. The van der Waals surface area contributed by atoms with Gasteiger partial charge < -0.3 is 38.5 Å². The number of allylic oxidation sites excluding steroid dienone is 22. The molecule has 0 saturated carbocycles. The lowest BCUT2D eigenvalue weighted by atomic mass is 9.69. The highest BCUT2D eigenvalue weighted by Crippen LogP contribution is 2.51. The number of ketones is 4. The molecule has 0 aromatic heterocycles. The molecule has 0 atom stereocenters. The van der Waals surface area contributed by atoms with Gasteiger partial charge in [0.2, 0.25) is 0 Å². The van der Waals surface area contributed by atoms with Gasteiger partial charge in [-0.3, -0.25) is 38.4 Å². The molecule has 0 bridgehead atoms. The summed E-state index contributed by atoms with van der Waals surface area (Å²) in [6.07, 6.45) is 35.4. The van der Waals surface area contributed by atoms with Gasteiger partial charge in [0.25, 0.3) is 23.6 Å². The number of hydrazine groups is 2. The first kappa shape index (κ1) is 102. The maximum Gasteiger partial charge on any atom is 0.283 e. The van der Waals surface area contributed by atoms with Crippen LogP contribution in [0, 0.1) is 6.92 Å². The number of fused-ring (bicyclic) bond motifs is 4. The van der Waals surface area contributed by atoms with Crippen molar-refractivity contribution >= 4 is 117 Å². The maximum atomic E-state index is 13.9. The lowest BCUT2D eigenvalue weighted by Crippen LogP contribution is -2.44. The van der Waals surface area contributed by atoms with Crippen LogP contribution in [0.25, 0.3) is 24.3 Å². The van der Waals surface area contributed by atoms with Crippen molar-refractivity contribution in [2.45, 2.75) is 139 Å². The molecule has 2 fully saturated rings. The van der Waals surface area contributed by atoms with Gasteiger partial charge in [0, 0.05) is 98.9 Å². The largest absolute Gasteiger partial charge is 0.462 e. The van der Waals surface area contributed by atoms with Crippen LogP contribution in [-0.4, -0.2) is 101 Å². The third-order valence-corrected chi connectivity index (χ3v) is 29.0. The number of carbonyl (C=O) groups excluding carboxylic acids is 8. The van der Waals surface area contributed by atoms with E-state index in [4.69, 9.17) is 18.9 Å². The SMILES string of the molecule is C.CC1=CC(=C2C(=O)N(c3ccccc3)N(c3ccccc3)C2=O)C=C(/C=C/c2ccc3c(c2)C(C)(C)CCN3C)O1.CC1=CC(=C2C(=O)c3ccccc3C2=O)C=C(/C=C/c2cc3c4c(c2)C(C)(C)CCN4CCC3(C)C)O1.CC1=CC(=C2C(=O)c3ccccc3C2=O)C=C(/C=C/c2ccc(N(C)C)cc2C)O1.CCN1CCCc2cc(/C=C/C3=CC(=C4C(=O)N(c5ccccc5)N(c5ccccc5)C4=O)C=C(C)O3)ccc21. The van der Waals surface area contributed by atoms with Gasteiger partial charge in [-0.25, -0.2) is 20.0 Å². The molecule has 149 heavy (non-hydrogen) atoms. The summed E-state index contributed by atoms with van der Waals surface area (Å²) in [6.45, 7) is 30.9. The van der Waals surface area contributed by atoms with Gasteiger partial charge >= 0.3 is 0 Å². The summed E-state index contributed by atoms with van der Waals surface area (Å²) in [5.41, 5.74) is 23.7. The molecule has 2 aliphatic carbocycles. The van der Waals surface area contributed by atoms with E-state index in [1.54, 1.807) is 97.1 Å². The van der Waals surface area contributed by atoms with Gasteiger partial charge in [-0.2, -0.15) is 0 Å². The molecule has 0 radical (unpaired) electrons. The second kappa shape index (κ2) is 42.2. The molecule has 2 saturated heterocycles. The van der Waals surface area contributed by atoms with E-state index in [-0.39, 0.29) is 92.7 Å². The van der Waals surface area contributed by atoms with Crippen LogP contribution in [0.3, 0.4) is 0 Å². The van der Waals surface area contributed by atoms with Crippen molar-refractivity contribution < 1.29 is 57.3 Å². The Morgan fingerprint density at radius 3 is 1.05 bits per heavy atom. The van der Waals surface area contributed by atoms with Crippen LogP contribution >= 0.6 is 0 Å². The van der Waals surface area contributed by atoms with Crippen LogP contribution in [0.4, 0.5) is 45.5 Å². The normalized spacial score (nSPS) is 18.3. The van der Waals surface area contributed by atoms with E-state index in [0.717, 1.165) is 98.3 Å². The molecule has 20 nitrogen and oxygen atoms in total. The monoisotopic (exact) mass is 1980 g/mol. The third-order valence-electron chi connectivity index (χ3n) is 29.0. The summed E-state index contributed by atoms with van der Waals surface area (Å²) < 4.78 is 23.8. The van der Waals surface area contributed by atoms with Crippen molar-refractivity contribution in [3.05, 3.63) is 472 Å². The fourth-order valence-corrected chi connectivity index (χ4v) is 21.0. The van der Waals surface area contributed by atoms with E-state index in [1.165, 1.54) is 59.4 Å². The Hall–Kier alpha value is -17.0. The molecule has 22 rings (SSSR count). The van der Waals surface area contributed by atoms with Crippen LogP contribution in [0.1, 0.15) is 201 Å². The predicted octanol–water partition coefficient (Wildman–Crippen LogP) is 26.5. The number of anilines is 8. The molecule has 12 aliphatic rings. The quantitative estimate of drug-likeness (QED) is 0.0735. The minimum absolute atomic E-state index is 0. The number of para-hydroxylation sites is 4. The van der Waals surface area contributed by atoms with Gasteiger partial charge in [-0.15, -0.1) is 0 Å². The first-order valence-corrected chi connectivity index (χ1v) is 50.6. The minimum atomic E-state index is -0.383. The molecule has 0 unspecified atom stereocenters. The topological polar surface area (TPSA) is 199 Å². The molecule has 0 spiro atoms. The number of aryl methyl sites for hydroxylation is 2. The van der Waals surface area contributed by atoms with E-state index in [0.29, 0.717) is 113 Å². The lowest BCUT2D eigenvalue weighted by Gasteiger charge is -2.48. The summed E-state index contributed by atoms with van der Waals surface area (Å²) in [5, 5.41) is 5.76. The van der Waals surface area contributed by atoms with Crippen LogP contribution in [0.2, 0.25) is 0 Å². The number of ether oxygens (including phenoxy) is 4. The highest BCUT2D eigenvalue weighted by molar-refractivity contribution is 6.42. The molecule has 10 aromatic carbocycles. The van der Waals surface area contributed by atoms with E-state index in [9.17, 15) is 38.4 Å². The first-order valence-electron chi connectivity index (χ1n) is 50.6.